The molecule has 0 aliphatic rings. The fraction of sp³-hybridized carbons (Fsp3) is 0.143. The van der Waals surface area contributed by atoms with Crippen LogP contribution >= 0.6 is 11.6 Å². The van der Waals surface area contributed by atoms with E-state index in [1.165, 1.54) is 23.5 Å². The number of benzene rings is 2. The van der Waals surface area contributed by atoms with Gasteiger partial charge in [-0.05, 0) is 54.1 Å². The Morgan fingerprint density at radius 2 is 1.72 bits per heavy atom. The van der Waals surface area contributed by atoms with E-state index in [4.69, 9.17) is 11.6 Å². The summed E-state index contributed by atoms with van der Waals surface area (Å²) in [4.78, 5) is 16.6. The van der Waals surface area contributed by atoms with E-state index in [1.807, 2.05) is 18.2 Å². The number of aromatic nitrogens is 1. The quantitative estimate of drug-likeness (QED) is 0.623. The van der Waals surface area contributed by atoms with Crippen molar-refractivity contribution >= 4 is 27.5 Å². The molecule has 1 aromatic heterocycles. The number of amides is 1. The molecule has 0 bridgehead atoms. The molecule has 2 aromatic carbocycles. The van der Waals surface area contributed by atoms with E-state index >= 15 is 0 Å². The third kappa shape index (κ3) is 5.41. The van der Waals surface area contributed by atoms with Crippen LogP contribution in [0.2, 0.25) is 5.02 Å². The molecule has 0 atom stereocenters. The van der Waals surface area contributed by atoms with Crippen molar-refractivity contribution in [2.24, 2.45) is 0 Å². The molecule has 0 unspecified atom stereocenters. The van der Waals surface area contributed by atoms with Gasteiger partial charge in [0.1, 0.15) is 0 Å². The zero-order valence-corrected chi connectivity index (χ0v) is 17.3. The fourth-order valence-electron chi connectivity index (χ4n) is 2.67. The fourth-order valence-corrected chi connectivity index (χ4v) is 3.95. The van der Waals surface area contributed by atoms with Crippen LogP contribution < -0.4 is 5.32 Å². The zero-order chi connectivity index (χ0) is 20.9. The van der Waals surface area contributed by atoms with Crippen molar-refractivity contribution in [2.75, 3.05) is 7.05 Å². The number of nitrogens with zero attached hydrogens (tertiary/aromatic N) is 2. The summed E-state index contributed by atoms with van der Waals surface area (Å²) in [5.74, 6) is -0.218. The summed E-state index contributed by atoms with van der Waals surface area (Å²) >= 11 is 5.82. The van der Waals surface area contributed by atoms with E-state index in [-0.39, 0.29) is 17.3 Å². The molecule has 29 heavy (non-hydrogen) atoms. The highest BCUT2D eigenvalue weighted by Gasteiger charge is 2.20. The smallest absolute Gasteiger partial charge is 0.251 e. The molecule has 0 radical (unpaired) electrons. The molecule has 0 aliphatic carbocycles. The van der Waals surface area contributed by atoms with E-state index in [2.05, 4.69) is 10.3 Å². The number of sulfonamides is 1. The Labute approximate surface area is 175 Å². The van der Waals surface area contributed by atoms with Gasteiger partial charge in [-0.3, -0.25) is 9.78 Å². The van der Waals surface area contributed by atoms with Crippen LogP contribution in [0.3, 0.4) is 0 Å². The Bertz CT molecular complexity index is 1070. The Kier molecular flexibility index (Phi) is 6.64. The lowest BCUT2D eigenvalue weighted by molar-refractivity contribution is 0.0950. The molecule has 0 saturated carbocycles. The summed E-state index contributed by atoms with van der Waals surface area (Å²) in [6.45, 7) is 0.518. The molecule has 3 rings (SSSR count). The van der Waals surface area contributed by atoms with Crippen LogP contribution in [0, 0.1) is 0 Å². The first-order valence-electron chi connectivity index (χ1n) is 8.85. The first-order valence-corrected chi connectivity index (χ1v) is 10.7. The summed E-state index contributed by atoms with van der Waals surface area (Å²) in [5.41, 5.74) is 2.03. The number of rotatable bonds is 7. The minimum absolute atomic E-state index is 0.176. The Morgan fingerprint density at radius 3 is 2.34 bits per heavy atom. The Hall–Kier alpha value is -2.74. The van der Waals surface area contributed by atoms with Crippen LogP contribution in [-0.4, -0.2) is 30.7 Å². The largest absolute Gasteiger partial charge is 0.346 e. The number of pyridine rings is 1. The molecule has 150 valence electrons. The number of hydrogen-bond acceptors (Lipinski definition) is 4. The maximum Gasteiger partial charge on any atom is 0.251 e. The highest BCUT2D eigenvalue weighted by Crippen LogP contribution is 2.19. The van der Waals surface area contributed by atoms with Crippen LogP contribution in [0.5, 0.6) is 0 Å². The summed E-state index contributed by atoms with van der Waals surface area (Å²) in [7, 11) is -2.12. The third-order valence-electron chi connectivity index (χ3n) is 4.30. The van der Waals surface area contributed by atoms with E-state index in [9.17, 15) is 13.2 Å². The second-order valence-electron chi connectivity index (χ2n) is 6.42. The van der Waals surface area contributed by atoms with Crippen LogP contribution in [0.1, 0.15) is 21.6 Å². The Morgan fingerprint density at radius 1 is 1.03 bits per heavy atom. The van der Waals surface area contributed by atoms with Crippen molar-refractivity contribution in [3.05, 3.63) is 94.8 Å². The average molecular weight is 430 g/mol. The topological polar surface area (TPSA) is 79.4 Å². The van der Waals surface area contributed by atoms with Crippen LogP contribution in [0.4, 0.5) is 0 Å². The van der Waals surface area contributed by atoms with Crippen molar-refractivity contribution in [1.82, 2.24) is 14.6 Å². The summed E-state index contributed by atoms with van der Waals surface area (Å²) in [5, 5.41) is 3.28. The third-order valence-corrected chi connectivity index (χ3v) is 6.37. The molecule has 1 heterocycles. The molecule has 1 N–H and O–H groups in total. The van der Waals surface area contributed by atoms with Gasteiger partial charge in [-0.1, -0.05) is 29.8 Å². The van der Waals surface area contributed by atoms with Crippen LogP contribution in [-0.2, 0) is 23.1 Å². The van der Waals surface area contributed by atoms with E-state index in [0.717, 1.165) is 11.3 Å². The molecular formula is C21H20ClN3O3S. The van der Waals surface area contributed by atoms with Crippen LogP contribution in [0.25, 0.3) is 0 Å². The van der Waals surface area contributed by atoms with Crippen molar-refractivity contribution in [3.8, 4) is 0 Å². The molecule has 8 heteroatoms. The van der Waals surface area contributed by atoms with E-state index in [1.54, 1.807) is 42.6 Å². The monoisotopic (exact) mass is 429 g/mol. The van der Waals surface area contributed by atoms with Gasteiger partial charge >= 0.3 is 0 Å². The van der Waals surface area contributed by atoms with Gasteiger partial charge in [-0.2, -0.15) is 4.31 Å². The normalized spacial score (nSPS) is 11.4. The van der Waals surface area contributed by atoms with Gasteiger partial charge in [0, 0.05) is 30.4 Å². The predicted molar refractivity (Wildman–Crippen MR) is 112 cm³/mol. The predicted octanol–water partition coefficient (Wildman–Crippen LogP) is 3.49. The molecule has 0 saturated heterocycles. The molecule has 0 spiro atoms. The van der Waals surface area contributed by atoms with Gasteiger partial charge in [0.15, 0.2) is 0 Å². The Balaban J connectivity index is 1.62. The first kappa shape index (κ1) is 21.0. The SMILES string of the molecule is CN(Cc1ccc(C(=O)NCc2ccccn2)cc1)S(=O)(=O)c1ccc(Cl)cc1. The maximum absolute atomic E-state index is 12.7. The number of halogens is 1. The number of carbonyl (C=O) groups excluding carboxylic acids is 1. The van der Waals surface area contributed by atoms with Crippen molar-refractivity contribution in [1.29, 1.82) is 0 Å². The van der Waals surface area contributed by atoms with Crippen molar-refractivity contribution in [2.45, 2.75) is 18.0 Å². The summed E-state index contributed by atoms with van der Waals surface area (Å²) in [6, 6.07) is 18.4. The first-order chi connectivity index (χ1) is 13.9. The lowest BCUT2D eigenvalue weighted by Crippen LogP contribution is -2.26. The highest BCUT2D eigenvalue weighted by atomic mass is 35.5. The van der Waals surface area contributed by atoms with Crippen LogP contribution in [0.15, 0.2) is 77.8 Å². The molecular weight excluding hydrogens is 410 g/mol. The van der Waals surface area contributed by atoms with Gasteiger partial charge in [0.2, 0.25) is 10.0 Å². The van der Waals surface area contributed by atoms with Crippen molar-refractivity contribution < 1.29 is 13.2 Å². The standard InChI is InChI=1S/C21H20ClN3O3S/c1-25(29(27,28)20-11-9-18(22)10-12-20)15-16-5-7-17(8-6-16)21(26)24-14-19-4-2-3-13-23-19/h2-13H,14-15H2,1H3,(H,24,26). The van der Waals surface area contributed by atoms with Crippen molar-refractivity contribution in [3.63, 3.8) is 0 Å². The average Bonchev–Trinajstić information content (AvgIpc) is 2.73. The molecule has 6 nitrogen and oxygen atoms in total. The van der Waals surface area contributed by atoms with E-state index < -0.39 is 10.0 Å². The lowest BCUT2D eigenvalue weighted by atomic mass is 10.1. The highest BCUT2D eigenvalue weighted by molar-refractivity contribution is 7.89. The van der Waals surface area contributed by atoms with Gasteiger partial charge in [-0.15, -0.1) is 0 Å². The second-order valence-corrected chi connectivity index (χ2v) is 8.90. The molecule has 0 fully saturated rings. The van der Waals surface area contributed by atoms with Gasteiger partial charge in [0.25, 0.3) is 5.91 Å². The summed E-state index contributed by atoms with van der Waals surface area (Å²) < 4.78 is 26.6. The number of hydrogen-bond donors (Lipinski definition) is 1. The zero-order valence-electron chi connectivity index (χ0n) is 15.7. The second kappa shape index (κ2) is 9.17. The molecule has 0 aliphatic heterocycles. The van der Waals surface area contributed by atoms with Gasteiger partial charge in [-0.25, -0.2) is 8.42 Å². The minimum Gasteiger partial charge on any atom is -0.346 e. The van der Waals surface area contributed by atoms with Gasteiger partial charge in [0.05, 0.1) is 17.1 Å². The summed E-state index contributed by atoms with van der Waals surface area (Å²) in [6.07, 6.45) is 1.67. The number of nitrogens with one attached hydrogen (secondary N) is 1. The maximum atomic E-state index is 12.7. The molecule has 3 aromatic rings. The van der Waals surface area contributed by atoms with Gasteiger partial charge < -0.3 is 5.32 Å². The number of carbonyl (C=O) groups is 1. The minimum atomic E-state index is -3.63. The molecule has 1 amide bonds. The lowest BCUT2D eigenvalue weighted by Gasteiger charge is -2.17. The van der Waals surface area contributed by atoms with E-state index in [0.29, 0.717) is 17.1 Å².